The summed E-state index contributed by atoms with van der Waals surface area (Å²) in [5.74, 6) is -1.69. The van der Waals surface area contributed by atoms with Gasteiger partial charge in [-0.1, -0.05) is 18.2 Å². The third kappa shape index (κ3) is 3.22. The van der Waals surface area contributed by atoms with Crippen molar-refractivity contribution in [3.8, 4) is 0 Å². The number of aliphatic hydroxyl groups excluding tert-OH is 1. The average molecular weight is 290 g/mol. The maximum atomic E-state index is 12.0. The first-order chi connectivity index (χ1) is 9.90. The van der Waals surface area contributed by atoms with Crippen LogP contribution in [-0.2, 0) is 16.0 Å². The first-order valence-electron chi connectivity index (χ1n) is 6.66. The Kier molecular flexibility index (Phi) is 4.28. The van der Waals surface area contributed by atoms with E-state index in [-0.39, 0.29) is 6.42 Å². The maximum Gasteiger partial charge on any atom is 0.328 e. The number of carboxylic acid groups (broad SMARTS) is 1. The molecule has 4 N–H and O–H groups in total. The number of aliphatic hydroxyl groups is 1. The third-order valence-corrected chi connectivity index (χ3v) is 3.43. The molecule has 0 radical (unpaired) electrons. The Bertz CT molecular complexity index is 675. The minimum absolute atomic E-state index is 0.0619. The van der Waals surface area contributed by atoms with E-state index in [1.807, 2.05) is 31.2 Å². The minimum atomic E-state index is -1.30. The molecule has 2 atom stereocenters. The summed E-state index contributed by atoms with van der Waals surface area (Å²) < 4.78 is 0. The van der Waals surface area contributed by atoms with E-state index < -0.39 is 24.0 Å². The van der Waals surface area contributed by atoms with Gasteiger partial charge in [-0.15, -0.1) is 0 Å². The van der Waals surface area contributed by atoms with Crippen molar-refractivity contribution in [2.45, 2.75) is 32.4 Å². The number of carboxylic acids is 1. The number of aliphatic carboxylic acids is 1. The summed E-state index contributed by atoms with van der Waals surface area (Å²) in [6, 6.07) is 6.30. The van der Waals surface area contributed by atoms with Crippen molar-refractivity contribution in [1.82, 2.24) is 10.3 Å². The van der Waals surface area contributed by atoms with Crippen LogP contribution in [0.15, 0.2) is 24.3 Å². The zero-order chi connectivity index (χ0) is 15.6. The number of amides is 1. The average Bonchev–Trinajstić information content (AvgIpc) is 2.72. The molecular formula is C15H18N2O4. The Hall–Kier alpha value is -2.34. The molecule has 1 heterocycles. The molecule has 1 aromatic heterocycles. The standard InChI is InChI=1S/C15H18N2O4/c1-8-11(10-5-3-4-6-12(10)16-8)7-13(19)17-14(9(2)18)15(20)21/h3-6,9,14,16,18H,7H2,1-2H3,(H,17,19)(H,20,21)/t9-,14+/m1/s1. The predicted octanol–water partition coefficient (Wildman–Crippen LogP) is 0.969. The van der Waals surface area contributed by atoms with Crippen molar-refractivity contribution in [3.05, 3.63) is 35.5 Å². The van der Waals surface area contributed by atoms with Crippen LogP contribution in [0.4, 0.5) is 0 Å². The largest absolute Gasteiger partial charge is 0.480 e. The van der Waals surface area contributed by atoms with E-state index in [9.17, 15) is 14.7 Å². The van der Waals surface area contributed by atoms with Crippen molar-refractivity contribution >= 4 is 22.8 Å². The van der Waals surface area contributed by atoms with Crippen LogP contribution < -0.4 is 5.32 Å². The quantitative estimate of drug-likeness (QED) is 0.659. The topological polar surface area (TPSA) is 102 Å². The second-order valence-electron chi connectivity index (χ2n) is 5.07. The van der Waals surface area contributed by atoms with Crippen LogP contribution in [0.2, 0.25) is 0 Å². The summed E-state index contributed by atoms with van der Waals surface area (Å²) in [6.07, 6.45) is -1.10. The van der Waals surface area contributed by atoms with E-state index in [2.05, 4.69) is 10.3 Å². The fraction of sp³-hybridized carbons (Fsp3) is 0.333. The fourth-order valence-corrected chi connectivity index (χ4v) is 2.34. The van der Waals surface area contributed by atoms with Gasteiger partial charge in [-0.25, -0.2) is 4.79 Å². The molecule has 6 heteroatoms. The van der Waals surface area contributed by atoms with E-state index in [0.717, 1.165) is 22.2 Å². The van der Waals surface area contributed by atoms with E-state index in [1.165, 1.54) is 6.92 Å². The molecule has 0 saturated heterocycles. The molecule has 0 saturated carbocycles. The number of carbonyl (C=O) groups excluding carboxylic acids is 1. The molecule has 6 nitrogen and oxygen atoms in total. The minimum Gasteiger partial charge on any atom is -0.480 e. The Morgan fingerprint density at radius 2 is 2.00 bits per heavy atom. The van der Waals surface area contributed by atoms with Gasteiger partial charge in [-0.05, 0) is 25.5 Å². The van der Waals surface area contributed by atoms with Crippen LogP contribution in [0.5, 0.6) is 0 Å². The van der Waals surface area contributed by atoms with Crippen LogP contribution in [0.25, 0.3) is 10.9 Å². The van der Waals surface area contributed by atoms with Gasteiger partial charge < -0.3 is 20.5 Å². The Labute approximate surface area is 121 Å². The number of aryl methyl sites for hydroxylation is 1. The van der Waals surface area contributed by atoms with Crippen LogP contribution in [0, 0.1) is 6.92 Å². The monoisotopic (exact) mass is 290 g/mol. The summed E-state index contributed by atoms with van der Waals surface area (Å²) in [5, 5.41) is 21.6. The summed E-state index contributed by atoms with van der Waals surface area (Å²) in [5.41, 5.74) is 2.64. The van der Waals surface area contributed by atoms with Gasteiger partial charge in [0.05, 0.1) is 12.5 Å². The highest BCUT2D eigenvalue weighted by Crippen LogP contribution is 2.22. The smallest absolute Gasteiger partial charge is 0.328 e. The predicted molar refractivity (Wildman–Crippen MR) is 78.0 cm³/mol. The molecule has 1 amide bonds. The van der Waals surface area contributed by atoms with E-state index in [0.29, 0.717) is 0 Å². The molecular weight excluding hydrogens is 272 g/mol. The lowest BCUT2D eigenvalue weighted by atomic mass is 10.1. The second-order valence-corrected chi connectivity index (χ2v) is 5.07. The highest BCUT2D eigenvalue weighted by Gasteiger charge is 2.25. The second kappa shape index (κ2) is 5.97. The van der Waals surface area contributed by atoms with Crippen molar-refractivity contribution in [2.24, 2.45) is 0 Å². The molecule has 0 bridgehead atoms. The van der Waals surface area contributed by atoms with Gasteiger partial charge in [-0.3, -0.25) is 4.79 Å². The Balaban J connectivity index is 2.18. The zero-order valence-electron chi connectivity index (χ0n) is 11.9. The number of para-hydroxylation sites is 1. The van der Waals surface area contributed by atoms with Gasteiger partial charge in [0.2, 0.25) is 5.91 Å². The number of aromatic amines is 1. The number of hydrogen-bond donors (Lipinski definition) is 4. The molecule has 0 aliphatic rings. The van der Waals surface area contributed by atoms with Gasteiger partial charge in [0, 0.05) is 16.6 Å². The number of H-pyrrole nitrogens is 1. The summed E-state index contributed by atoms with van der Waals surface area (Å²) in [6.45, 7) is 3.20. The SMILES string of the molecule is Cc1[nH]c2ccccc2c1CC(=O)N[C@H](C(=O)O)[C@@H](C)O. The Morgan fingerprint density at radius 1 is 1.33 bits per heavy atom. The van der Waals surface area contributed by atoms with E-state index in [1.54, 1.807) is 0 Å². The van der Waals surface area contributed by atoms with Crippen LogP contribution in [0.1, 0.15) is 18.2 Å². The molecule has 2 aromatic rings. The lowest BCUT2D eigenvalue weighted by Gasteiger charge is -2.17. The molecule has 112 valence electrons. The molecule has 21 heavy (non-hydrogen) atoms. The first kappa shape index (κ1) is 15.1. The highest BCUT2D eigenvalue weighted by molar-refractivity contribution is 5.91. The molecule has 1 aromatic carbocycles. The maximum absolute atomic E-state index is 12.0. The molecule has 0 aliphatic carbocycles. The third-order valence-electron chi connectivity index (χ3n) is 3.43. The lowest BCUT2D eigenvalue weighted by Crippen LogP contribution is -2.48. The molecule has 0 spiro atoms. The van der Waals surface area contributed by atoms with Crippen LogP contribution in [-0.4, -0.2) is 39.2 Å². The van der Waals surface area contributed by atoms with Crippen molar-refractivity contribution in [1.29, 1.82) is 0 Å². The zero-order valence-corrected chi connectivity index (χ0v) is 11.9. The first-order valence-corrected chi connectivity index (χ1v) is 6.66. The number of hydrogen-bond acceptors (Lipinski definition) is 3. The lowest BCUT2D eigenvalue weighted by molar-refractivity contribution is -0.144. The number of carbonyl (C=O) groups is 2. The van der Waals surface area contributed by atoms with Gasteiger partial charge >= 0.3 is 5.97 Å². The van der Waals surface area contributed by atoms with E-state index in [4.69, 9.17) is 5.11 Å². The number of aromatic nitrogens is 1. The number of fused-ring (bicyclic) bond motifs is 1. The van der Waals surface area contributed by atoms with Crippen molar-refractivity contribution in [2.75, 3.05) is 0 Å². The van der Waals surface area contributed by atoms with Crippen LogP contribution in [0.3, 0.4) is 0 Å². The normalized spacial score (nSPS) is 13.9. The molecule has 0 fully saturated rings. The van der Waals surface area contributed by atoms with E-state index >= 15 is 0 Å². The molecule has 0 aliphatic heterocycles. The number of nitrogens with one attached hydrogen (secondary N) is 2. The summed E-state index contributed by atoms with van der Waals surface area (Å²) in [4.78, 5) is 26.2. The van der Waals surface area contributed by atoms with Gasteiger partial charge in [0.15, 0.2) is 6.04 Å². The number of rotatable bonds is 5. The van der Waals surface area contributed by atoms with Crippen molar-refractivity contribution in [3.63, 3.8) is 0 Å². The summed E-state index contributed by atoms with van der Waals surface area (Å²) >= 11 is 0. The Morgan fingerprint density at radius 3 is 2.62 bits per heavy atom. The van der Waals surface area contributed by atoms with Crippen molar-refractivity contribution < 1.29 is 19.8 Å². The van der Waals surface area contributed by atoms with Gasteiger partial charge in [-0.2, -0.15) is 0 Å². The molecule has 0 unspecified atom stereocenters. The fourth-order valence-electron chi connectivity index (χ4n) is 2.34. The molecule has 2 rings (SSSR count). The van der Waals surface area contributed by atoms with Gasteiger partial charge in [0.1, 0.15) is 0 Å². The highest BCUT2D eigenvalue weighted by atomic mass is 16.4. The number of benzene rings is 1. The summed E-state index contributed by atoms with van der Waals surface area (Å²) in [7, 11) is 0. The van der Waals surface area contributed by atoms with Crippen LogP contribution >= 0.6 is 0 Å². The van der Waals surface area contributed by atoms with Gasteiger partial charge in [0.25, 0.3) is 0 Å².